The molecular weight excluding hydrogens is 388 g/mol. The first kappa shape index (κ1) is 19.1. The Morgan fingerprint density at radius 1 is 1.10 bits per heavy atom. The second kappa shape index (κ2) is 6.55. The molecule has 5 nitrogen and oxygen atoms in total. The molecule has 2 aliphatic rings. The van der Waals surface area contributed by atoms with Crippen LogP contribution in [-0.4, -0.2) is 17.0 Å². The van der Waals surface area contributed by atoms with Crippen LogP contribution in [0.25, 0.3) is 4.85 Å². The van der Waals surface area contributed by atoms with Crippen molar-refractivity contribution >= 4 is 23.3 Å². The molecule has 5 rings (SSSR count). The highest BCUT2D eigenvalue weighted by atomic mass is 16.4. The molecule has 152 valence electrons. The van der Waals surface area contributed by atoms with Crippen LogP contribution in [0.3, 0.4) is 0 Å². The lowest BCUT2D eigenvalue weighted by molar-refractivity contribution is -0.120. The molecule has 1 amide bonds. The van der Waals surface area contributed by atoms with Gasteiger partial charge in [0.2, 0.25) is 5.91 Å². The van der Waals surface area contributed by atoms with E-state index in [4.69, 9.17) is 6.57 Å². The number of hydrogen-bond acceptors (Lipinski definition) is 2. The van der Waals surface area contributed by atoms with Crippen molar-refractivity contribution in [1.82, 2.24) is 0 Å². The van der Waals surface area contributed by atoms with Gasteiger partial charge in [0.25, 0.3) is 0 Å². The quantitative estimate of drug-likeness (QED) is 0.612. The fourth-order valence-corrected chi connectivity index (χ4v) is 5.11. The predicted molar refractivity (Wildman–Crippen MR) is 117 cm³/mol. The minimum atomic E-state index is -0.982. The van der Waals surface area contributed by atoms with Gasteiger partial charge < -0.3 is 10.0 Å². The maximum absolute atomic E-state index is 13.8. The zero-order valence-corrected chi connectivity index (χ0v) is 17.0. The molecule has 0 bridgehead atoms. The maximum atomic E-state index is 13.8. The Bertz CT molecular complexity index is 1270. The first-order chi connectivity index (χ1) is 14.9. The summed E-state index contributed by atoms with van der Waals surface area (Å²) in [5.74, 6) is -0.935. The molecule has 1 N–H and O–H groups in total. The molecule has 0 saturated heterocycles. The van der Waals surface area contributed by atoms with Crippen LogP contribution in [0, 0.1) is 6.57 Å². The molecular formula is C26H20N2O3. The van der Waals surface area contributed by atoms with E-state index in [1.54, 1.807) is 35.2 Å². The minimum absolute atomic E-state index is 0.0474. The predicted octanol–water partition coefficient (Wildman–Crippen LogP) is 5.08. The minimum Gasteiger partial charge on any atom is -0.478 e. The summed E-state index contributed by atoms with van der Waals surface area (Å²) in [5, 5.41) is 9.31. The van der Waals surface area contributed by atoms with Crippen molar-refractivity contribution in [2.24, 2.45) is 0 Å². The van der Waals surface area contributed by atoms with Gasteiger partial charge in [0.1, 0.15) is 0 Å². The first-order valence-corrected chi connectivity index (χ1v) is 10.1. The van der Waals surface area contributed by atoms with Gasteiger partial charge in [-0.05, 0) is 41.3 Å². The van der Waals surface area contributed by atoms with Gasteiger partial charge in [-0.15, -0.1) is 0 Å². The Labute approximate surface area is 180 Å². The maximum Gasteiger partial charge on any atom is 0.335 e. The van der Waals surface area contributed by atoms with E-state index in [2.05, 4.69) is 11.8 Å². The number of benzene rings is 3. The monoisotopic (exact) mass is 408 g/mol. The van der Waals surface area contributed by atoms with E-state index in [1.165, 1.54) is 0 Å². The van der Waals surface area contributed by atoms with Crippen LogP contribution in [-0.2, 0) is 22.2 Å². The molecule has 3 aromatic carbocycles. The second-order valence-corrected chi connectivity index (χ2v) is 8.49. The molecule has 1 spiro atoms. The van der Waals surface area contributed by atoms with Crippen molar-refractivity contribution < 1.29 is 14.7 Å². The van der Waals surface area contributed by atoms with Crippen molar-refractivity contribution in [3.05, 3.63) is 106 Å². The zero-order valence-electron chi connectivity index (χ0n) is 17.0. The number of hydrogen-bond donors (Lipinski definition) is 1. The molecule has 31 heavy (non-hydrogen) atoms. The van der Waals surface area contributed by atoms with E-state index in [0.717, 1.165) is 22.4 Å². The van der Waals surface area contributed by atoms with Crippen molar-refractivity contribution in [3.8, 4) is 0 Å². The number of anilines is 1. The number of aromatic carboxylic acids is 1. The van der Waals surface area contributed by atoms with Gasteiger partial charge in [-0.3, -0.25) is 4.79 Å². The molecule has 1 saturated carbocycles. The van der Waals surface area contributed by atoms with Crippen LogP contribution in [0.15, 0.2) is 72.8 Å². The van der Waals surface area contributed by atoms with E-state index < -0.39 is 11.4 Å². The van der Waals surface area contributed by atoms with Crippen LogP contribution in [0.4, 0.5) is 11.4 Å². The Hall–Kier alpha value is -3.91. The number of carbonyl (C=O) groups is 2. The van der Waals surface area contributed by atoms with Crippen molar-refractivity contribution in [1.29, 1.82) is 0 Å². The number of amides is 1. The summed E-state index contributed by atoms with van der Waals surface area (Å²) in [6.45, 7) is 9.62. The Morgan fingerprint density at radius 3 is 2.55 bits per heavy atom. The Kier molecular flexibility index (Phi) is 4.03. The smallest absolute Gasteiger partial charge is 0.335 e. The lowest BCUT2D eigenvalue weighted by Gasteiger charge is -2.21. The standard InChI is InChI=1S/C26H20N2O3/c1-25(19-10-12-20(27-2)13-11-19)16-26(25)21-8-3-4-9-22(21)28(24(26)31)15-17-6-5-7-18(14-17)23(29)30/h3-14H,15-16H2,1H3,(H,29,30)/t25-,26+/m0/s1. The van der Waals surface area contributed by atoms with Crippen molar-refractivity contribution in [2.45, 2.75) is 30.7 Å². The summed E-state index contributed by atoms with van der Waals surface area (Å²) in [6, 6.07) is 22.1. The molecule has 1 fully saturated rings. The van der Waals surface area contributed by atoms with Gasteiger partial charge >= 0.3 is 5.97 Å². The van der Waals surface area contributed by atoms with Crippen LogP contribution >= 0.6 is 0 Å². The third kappa shape index (κ3) is 2.62. The number of nitrogens with zero attached hydrogens (tertiary/aromatic N) is 2. The fourth-order valence-electron chi connectivity index (χ4n) is 5.11. The summed E-state index contributed by atoms with van der Waals surface area (Å²) >= 11 is 0. The van der Waals surface area contributed by atoms with Crippen LogP contribution in [0.1, 0.15) is 40.4 Å². The third-order valence-electron chi connectivity index (χ3n) is 6.85. The number of para-hydroxylation sites is 1. The van der Waals surface area contributed by atoms with E-state index >= 15 is 0 Å². The molecule has 2 atom stereocenters. The molecule has 3 aromatic rings. The third-order valence-corrected chi connectivity index (χ3v) is 6.85. The van der Waals surface area contributed by atoms with Crippen LogP contribution in [0.5, 0.6) is 0 Å². The highest BCUT2D eigenvalue weighted by Gasteiger charge is 2.74. The van der Waals surface area contributed by atoms with Gasteiger partial charge in [-0.2, -0.15) is 0 Å². The van der Waals surface area contributed by atoms with Crippen molar-refractivity contribution in [3.63, 3.8) is 0 Å². The van der Waals surface area contributed by atoms with Gasteiger partial charge in [0.15, 0.2) is 5.69 Å². The van der Waals surface area contributed by atoms with E-state index in [0.29, 0.717) is 18.7 Å². The molecule has 0 radical (unpaired) electrons. The molecule has 1 aliphatic carbocycles. The summed E-state index contributed by atoms with van der Waals surface area (Å²) in [4.78, 5) is 30.4. The second-order valence-electron chi connectivity index (χ2n) is 8.49. The molecule has 0 unspecified atom stereocenters. The van der Waals surface area contributed by atoms with Gasteiger partial charge in [-0.1, -0.05) is 61.5 Å². The first-order valence-electron chi connectivity index (χ1n) is 10.1. The van der Waals surface area contributed by atoms with Gasteiger partial charge in [0, 0.05) is 11.1 Å². The normalized spacial score (nSPS) is 23.5. The lowest BCUT2D eigenvalue weighted by atomic mass is 9.83. The van der Waals surface area contributed by atoms with Crippen molar-refractivity contribution in [2.75, 3.05) is 4.90 Å². The number of carbonyl (C=O) groups excluding carboxylic acids is 1. The average Bonchev–Trinajstić information content (AvgIpc) is 3.38. The summed E-state index contributed by atoms with van der Waals surface area (Å²) in [7, 11) is 0. The fraction of sp³-hybridized carbons (Fsp3) is 0.192. The van der Waals surface area contributed by atoms with E-state index in [9.17, 15) is 14.7 Å². The molecule has 1 aliphatic heterocycles. The van der Waals surface area contributed by atoms with Crippen LogP contribution < -0.4 is 4.90 Å². The summed E-state index contributed by atoms with van der Waals surface area (Å²) in [5.41, 5.74) is 3.55. The Morgan fingerprint density at radius 2 is 1.84 bits per heavy atom. The summed E-state index contributed by atoms with van der Waals surface area (Å²) < 4.78 is 0. The van der Waals surface area contributed by atoms with Crippen LogP contribution in [0.2, 0.25) is 0 Å². The highest BCUT2D eigenvalue weighted by molar-refractivity contribution is 6.12. The molecule has 5 heteroatoms. The molecule has 1 heterocycles. The van der Waals surface area contributed by atoms with Gasteiger partial charge in [-0.25, -0.2) is 9.64 Å². The largest absolute Gasteiger partial charge is 0.478 e. The lowest BCUT2D eigenvalue weighted by Crippen LogP contribution is -2.35. The number of fused-ring (bicyclic) bond motifs is 2. The Balaban J connectivity index is 1.55. The zero-order chi connectivity index (χ0) is 21.8. The van der Waals surface area contributed by atoms with E-state index in [-0.39, 0.29) is 16.9 Å². The highest BCUT2D eigenvalue weighted by Crippen LogP contribution is 2.70. The topological polar surface area (TPSA) is 62.0 Å². The number of carboxylic acids is 1. The SMILES string of the molecule is [C-]#[N+]c1ccc([C@]2(C)C[C@@]23C(=O)N(Cc2cccc(C(=O)O)c2)c2ccccc23)cc1. The van der Waals surface area contributed by atoms with Gasteiger partial charge in [0.05, 0.1) is 24.1 Å². The number of rotatable bonds is 4. The number of carboxylic acid groups (broad SMARTS) is 1. The summed E-state index contributed by atoms with van der Waals surface area (Å²) in [6.07, 6.45) is 0.707. The average molecular weight is 408 g/mol. The molecule has 0 aromatic heterocycles. The van der Waals surface area contributed by atoms with E-state index in [1.807, 2.05) is 42.5 Å².